The van der Waals surface area contributed by atoms with Gasteiger partial charge in [0.05, 0.1) is 6.42 Å². The second-order valence-electron chi connectivity index (χ2n) is 9.38. The average Bonchev–Trinajstić information content (AvgIpc) is 3.40. The first-order valence-corrected chi connectivity index (χ1v) is 12.1. The number of carbonyl (C=O) groups is 4. The van der Waals surface area contributed by atoms with Crippen LogP contribution >= 0.6 is 0 Å². The van der Waals surface area contributed by atoms with Crippen LogP contribution in [0.2, 0.25) is 0 Å². The lowest BCUT2D eigenvalue weighted by atomic mass is 9.98. The highest BCUT2D eigenvalue weighted by Crippen LogP contribution is 2.32. The summed E-state index contributed by atoms with van der Waals surface area (Å²) in [5.41, 5.74) is 0.255. The fourth-order valence-electron chi connectivity index (χ4n) is 5.40. The Morgan fingerprint density at radius 1 is 1.03 bits per heavy atom. The normalized spacial score (nSPS) is 28.7. The number of aliphatic hydroxyl groups excluding tert-OH is 1. The molecule has 2 aromatic rings. The maximum Gasteiger partial charge on any atom is 0.310 e. The fraction of sp³-hybridized carbons (Fsp3) is 0.480. The Labute approximate surface area is 202 Å². The van der Waals surface area contributed by atoms with Crippen LogP contribution in [-0.4, -0.2) is 69.1 Å². The van der Waals surface area contributed by atoms with Crippen molar-refractivity contribution in [2.45, 2.75) is 75.4 Å². The molecule has 4 heterocycles. The summed E-state index contributed by atoms with van der Waals surface area (Å²) in [6.45, 7) is 0. The van der Waals surface area contributed by atoms with Gasteiger partial charge in [-0.1, -0.05) is 37.1 Å². The van der Waals surface area contributed by atoms with Gasteiger partial charge in [-0.15, -0.1) is 0 Å². The van der Waals surface area contributed by atoms with Gasteiger partial charge in [0.2, 0.25) is 18.1 Å². The summed E-state index contributed by atoms with van der Waals surface area (Å²) in [5.74, 6) is -1.73. The van der Waals surface area contributed by atoms with E-state index < -0.39 is 42.2 Å². The van der Waals surface area contributed by atoms with Crippen LogP contribution in [0.1, 0.15) is 55.4 Å². The van der Waals surface area contributed by atoms with E-state index in [0.29, 0.717) is 24.6 Å². The predicted octanol–water partition coefficient (Wildman–Crippen LogP) is 1.02. The van der Waals surface area contributed by atoms with E-state index in [4.69, 9.17) is 4.74 Å². The van der Waals surface area contributed by atoms with Crippen molar-refractivity contribution >= 4 is 34.5 Å². The molecule has 5 atom stereocenters. The smallest absolute Gasteiger partial charge is 0.310 e. The van der Waals surface area contributed by atoms with Gasteiger partial charge in [-0.3, -0.25) is 24.2 Å². The first-order chi connectivity index (χ1) is 16.9. The Morgan fingerprint density at radius 3 is 2.63 bits per heavy atom. The van der Waals surface area contributed by atoms with E-state index >= 15 is 0 Å². The van der Waals surface area contributed by atoms with E-state index in [1.807, 2.05) is 30.3 Å². The van der Waals surface area contributed by atoms with E-state index in [2.05, 4.69) is 15.6 Å². The molecule has 1 aromatic heterocycles. The molecule has 0 bridgehead atoms. The van der Waals surface area contributed by atoms with Crippen LogP contribution in [0.4, 0.5) is 0 Å². The number of aromatic nitrogens is 1. The van der Waals surface area contributed by atoms with Gasteiger partial charge in [0, 0.05) is 17.6 Å². The zero-order chi connectivity index (χ0) is 24.5. The zero-order valence-electron chi connectivity index (χ0n) is 19.2. The van der Waals surface area contributed by atoms with Crippen LogP contribution in [0.25, 0.3) is 10.8 Å². The number of nitrogens with one attached hydrogen (secondary N) is 2. The van der Waals surface area contributed by atoms with Crippen LogP contribution in [0, 0.1) is 0 Å². The highest BCUT2D eigenvalue weighted by atomic mass is 16.6. The summed E-state index contributed by atoms with van der Waals surface area (Å²) in [5, 5.41) is 17.0. The molecule has 3 fully saturated rings. The molecule has 3 aliphatic heterocycles. The molecule has 10 nitrogen and oxygen atoms in total. The lowest BCUT2D eigenvalue weighted by Gasteiger charge is -2.35. The number of fused-ring (bicyclic) bond motifs is 2. The van der Waals surface area contributed by atoms with Gasteiger partial charge in [0.25, 0.3) is 5.91 Å². The molecular weight excluding hydrogens is 452 g/mol. The standard InChI is InChI=1S/C25H28N4O6/c30-20-13-18(25(34)35-20)28-22(31)19-10-9-15-6-2-4-8-17(24(33)29(15)19)27-23(32)21-16-7-3-1-5-14(16)11-12-26-21/h1,3,5,7,11-12,15,17-19,25,34H,2,4,6,8-10,13H2,(H,27,32)(H,28,31)/t15-,17-,18?,19-,25?/m0/s1. The first kappa shape index (κ1) is 23.2. The van der Waals surface area contributed by atoms with E-state index in [0.717, 1.165) is 24.6 Å². The van der Waals surface area contributed by atoms with Crippen molar-refractivity contribution < 1.29 is 29.0 Å². The van der Waals surface area contributed by atoms with Crippen molar-refractivity contribution in [1.29, 1.82) is 0 Å². The van der Waals surface area contributed by atoms with Crippen molar-refractivity contribution in [1.82, 2.24) is 20.5 Å². The minimum atomic E-state index is -1.40. The van der Waals surface area contributed by atoms with Gasteiger partial charge in [-0.25, -0.2) is 0 Å². The van der Waals surface area contributed by atoms with Gasteiger partial charge in [-0.2, -0.15) is 0 Å². The van der Waals surface area contributed by atoms with Crippen LogP contribution in [-0.2, 0) is 19.1 Å². The average molecular weight is 481 g/mol. The summed E-state index contributed by atoms with van der Waals surface area (Å²) < 4.78 is 4.70. The molecule has 5 rings (SSSR count). The third-order valence-electron chi connectivity index (χ3n) is 7.14. The number of hydrogen-bond acceptors (Lipinski definition) is 7. The molecule has 0 saturated carbocycles. The molecule has 1 aromatic carbocycles. The molecule has 10 heteroatoms. The fourth-order valence-corrected chi connectivity index (χ4v) is 5.40. The lowest BCUT2D eigenvalue weighted by molar-refractivity contribution is -0.155. The number of ether oxygens (including phenoxy) is 1. The third-order valence-corrected chi connectivity index (χ3v) is 7.14. The van der Waals surface area contributed by atoms with Crippen molar-refractivity contribution in [3.05, 3.63) is 42.2 Å². The molecular formula is C25H28N4O6. The molecule has 3 N–H and O–H groups in total. The zero-order valence-corrected chi connectivity index (χ0v) is 19.2. The molecule has 3 saturated heterocycles. The Balaban J connectivity index is 1.34. The van der Waals surface area contributed by atoms with Gasteiger partial charge in [0.15, 0.2) is 0 Å². The summed E-state index contributed by atoms with van der Waals surface area (Å²) >= 11 is 0. The number of nitrogens with zero attached hydrogens (tertiary/aromatic N) is 2. The van der Waals surface area contributed by atoms with Crippen molar-refractivity contribution in [3.8, 4) is 0 Å². The molecule has 35 heavy (non-hydrogen) atoms. The number of aliphatic hydroxyl groups is 1. The third kappa shape index (κ3) is 4.58. The molecule has 0 aliphatic carbocycles. The molecule has 0 spiro atoms. The number of rotatable bonds is 4. The minimum absolute atomic E-state index is 0.0972. The van der Waals surface area contributed by atoms with Gasteiger partial charge < -0.3 is 25.4 Å². The Kier molecular flexibility index (Phi) is 6.38. The van der Waals surface area contributed by atoms with Gasteiger partial charge in [0.1, 0.15) is 23.8 Å². The Hall–Kier alpha value is -3.53. The quantitative estimate of drug-likeness (QED) is 0.556. The van der Waals surface area contributed by atoms with Crippen LogP contribution in [0.15, 0.2) is 36.5 Å². The number of pyridine rings is 1. The van der Waals surface area contributed by atoms with Crippen molar-refractivity contribution in [3.63, 3.8) is 0 Å². The first-order valence-electron chi connectivity index (χ1n) is 12.1. The largest absolute Gasteiger partial charge is 0.434 e. The highest BCUT2D eigenvalue weighted by molar-refractivity contribution is 6.06. The number of hydrogen-bond donors (Lipinski definition) is 3. The minimum Gasteiger partial charge on any atom is -0.434 e. The number of amides is 3. The number of esters is 1. The number of carbonyl (C=O) groups excluding carboxylic acids is 4. The lowest BCUT2D eigenvalue weighted by Crippen LogP contribution is -2.57. The van der Waals surface area contributed by atoms with E-state index in [-0.39, 0.29) is 24.1 Å². The topological polar surface area (TPSA) is 138 Å². The van der Waals surface area contributed by atoms with Crippen molar-refractivity contribution in [2.75, 3.05) is 0 Å². The molecule has 0 radical (unpaired) electrons. The number of cyclic esters (lactones) is 1. The van der Waals surface area contributed by atoms with Gasteiger partial charge >= 0.3 is 5.97 Å². The summed E-state index contributed by atoms with van der Waals surface area (Å²) in [4.78, 5) is 57.2. The van der Waals surface area contributed by atoms with Crippen LogP contribution in [0.3, 0.4) is 0 Å². The molecule has 3 aliphatic rings. The van der Waals surface area contributed by atoms with Crippen molar-refractivity contribution in [2.24, 2.45) is 0 Å². The summed E-state index contributed by atoms with van der Waals surface area (Å²) in [7, 11) is 0. The molecule has 184 valence electrons. The van der Waals surface area contributed by atoms with Crippen LogP contribution < -0.4 is 10.6 Å². The van der Waals surface area contributed by atoms with Gasteiger partial charge in [-0.05, 0) is 37.1 Å². The highest BCUT2D eigenvalue weighted by Gasteiger charge is 2.45. The number of benzene rings is 1. The van der Waals surface area contributed by atoms with E-state index in [1.54, 1.807) is 11.1 Å². The second-order valence-corrected chi connectivity index (χ2v) is 9.38. The summed E-state index contributed by atoms with van der Waals surface area (Å²) in [6.07, 6.45) is 4.13. The Bertz CT molecular complexity index is 1160. The summed E-state index contributed by atoms with van der Waals surface area (Å²) in [6, 6.07) is 6.81. The van der Waals surface area contributed by atoms with Crippen LogP contribution in [0.5, 0.6) is 0 Å². The second kappa shape index (κ2) is 9.61. The maximum absolute atomic E-state index is 13.7. The van der Waals surface area contributed by atoms with E-state index in [1.165, 1.54) is 0 Å². The monoisotopic (exact) mass is 480 g/mol. The predicted molar refractivity (Wildman–Crippen MR) is 124 cm³/mol. The molecule has 3 amide bonds. The SMILES string of the molecule is O=C1CC(NC(=O)[C@@H]2CC[C@@H]3CCCC[C@H](NC(=O)c4nccc5ccccc45)C(=O)N32)C(O)O1. The maximum atomic E-state index is 13.7. The molecule has 2 unspecified atom stereocenters. The van der Waals surface area contributed by atoms with E-state index in [9.17, 15) is 24.3 Å². The Morgan fingerprint density at radius 2 is 1.83 bits per heavy atom.